The quantitative estimate of drug-likeness (QED) is 0.188. The number of nitrogens with one attached hydrogen (secondary N) is 1. The van der Waals surface area contributed by atoms with Crippen LogP contribution in [0.15, 0.2) is 67.1 Å². The van der Waals surface area contributed by atoms with Gasteiger partial charge in [-0.3, -0.25) is 0 Å². The third kappa shape index (κ3) is 7.25. The number of nitrogens with zero attached hydrogens (tertiary/aromatic N) is 5. The van der Waals surface area contributed by atoms with E-state index in [0.29, 0.717) is 19.8 Å². The fourth-order valence-corrected chi connectivity index (χ4v) is 5.48. The Morgan fingerprint density at radius 3 is 2.77 bits per heavy atom. The number of hydrogen-bond donors (Lipinski definition) is 1. The molecule has 1 aliphatic rings. The van der Waals surface area contributed by atoms with Gasteiger partial charge in [0.1, 0.15) is 24.7 Å². The second-order valence-corrected chi connectivity index (χ2v) is 17.1. The lowest BCUT2D eigenvalue weighted by Gasteiger charge is -2.33. The number of anilines is 1. The number of fused-ring (bicyclic) bond motifs is 1. The second-order valence-electron chi connectivity index (χ2n) is 11.5. The Labute approximate surface area is 236 Å². The van der Waals surface area contributed by atoms with Gasteiger partial charge < -0.3 is 24.3 Å². The van der Waals surface area contributed by atoms with E-state index in [1.54, 1.807) is 17.3 Å². The Balaban J connectivity index is 1.23. The van der Waals surface area contributed by atoms with Crippen molar-refractivity contribution in [2.24, 2.45) is 0 Å². The predicted molar refractivity (Wildman–Crippen MR) is 160 cm³/mol. The van der Waals surface area contributed by atoms with E-state index in [0.717, 1.165) is 59.3 Å². The molecule has 40 heavy (non-hydrogen) atoms. The first kappa shape index (κ1) is 27.8. The number of piperidine rings is 1. The Morgan fingerprint density at radius 1 is 1.10 bits per heavy atom. The van der Waals surface area contributed by atoms with Gasteiger partial charge in [-0.2, -0.15) is 0 Å². The molecule has 1 aliphatic heterocycles. The topological polar surface area (TPSA) is 94.4 Å². The van der Waals surface area contributed by atoms with Crippen LogP contribution in [-0.4, -0.2) is 64.3 Å². The normalized spacial score (nSPS) is 15.8. The van der Waals surface area contributed by atoms with Crippen molar-refractivity contribution in [1.82, 2.24) is 24.4 Å². The molecule has 9 nitrogen and oxygen atoms in total. The van der Waals surface area contributed by atoms with E-state index in [-0.39, 0.29) is 18.7 Å². The molecule has 0 spiro atoms. The lowest BCUT2D eigenvalue weighted by molar-refractivity contribution is 0.0874. The van der Waals surface area contributed by atoms with Gasteiger partial charge in [0.15, 0.2) is 5.65 Å². The highest BCUT2D eigenvalue weighted by molar-refractivity contribution is 6.76. The van der Waals surface area contributed by atoms with Crippen molar-refractivity contribution in [3.05, 3.63) is 72.7 Å². The van der Waals surface area contributed by atoms with Crippen LogP contribution >= 0.6 is 0 Å². The third-order valence-corrected chi connectivity index (χ3v) is 8.70. The molecule has 1 N–H and O–H groups in total. The highest BCUT2D eigenvalue weighted by Crippen LogP contribution is 2.27. The van der Waals surface area contributed by atoms with Crippen molar-refractivity contribution < 1.29 is 14.3 Å². The van der Waals surface area contributed by atoms with Crippen molar-refractivity contribution in [3.63, 3.8) is 0 Å². The van der Waals surface area contributed by atoms with Gasteiger partial charge in [-0.15, -0.1) is 0 Å². The van der Waals surface area contributed by atoms with Gasteiger partial charge in [0.2, 0.25) is 0 Å². The molecule has 0 aliphatic carbocycles. The summed E-state index contributed by atoms with van der Waals surface area (Å²) in [6, 6.07) is 16.8. The first-order valence-corrected chi connectivity index (χ1v) is 17.6. The summed E-state index contributed by atoms with van der Waals surface area (Å²) in [4.78, 5) is 28.7. The molecule has 1 amide bonds. The van der Waals surface area contributed by atoms with Crippen LogP contribution in [0.5, 0.6) is 0 Å². The summed E-state index contributed by atoms with van der Waals surface area (Å²) in [5.74, 6) is 0.731. The minimum Gasteiger partial charge on any atom is -0.445 e. The highest BCUT2D eigenvalue weighted by atomic mass is 28.3. The van der Waals surface area contributed by atoms with E-state index in [1.165, 1.54) is 0 Å². The van der Waals surface area contributed by atoms with Crippen LogP contribution in [0.3, 0.4) is 0 Å². The zero-order valence-corrected chi connectivity index (χ0v) is 24.5. The maximum absolute atomic E-state index is 12.7. The average Bonchev–Trinajstić information content (AvgIpc) is 3.37. The number of aromatic nitrogens is 4. The fraction of sp³-hybridized carbons (Fsp3) is 0.400. The summed E-state index contributed by atoms with van der Waals surface area (Å²) in [6.07, 6.45) is 7.06. The van der Waals surface area contributed by atoms with E-state index in [9.17, 15) is 4.79 Å². The van der Waals surface area contributed by atoms with Gasteiger partial charge in [-0.1, -0.05) is 50.0 Å². The Morgan fingerprint density at radius 2 is 1.95 bits per heavy atom. The number of carbonyl (C=O) groups is 1. The first-order valence-electron chi connectivity index (χ1n) is 13.9. The molecular formula is C30H38N6O3Si. The number of likely N-dealkylation sites (tertiary alicyclic amines) is 1. The molecule has 0 saturated carbocycles. The average molecular weight is 559 g/mol. The molecular weight excluding hydrogens is 520 g/mol. The molecule has 1 aromatic carbocycles. The minimum absolute atomic E-state index is 0.0535. The second kappa shape index (κ2) is 12.6. The summed E-state index contributed by atoms with van der Waals surface area (Å²) < 4.78 is 13.5. The number of pyridine rings is 1. The van der Waals surface area contributed by atoms with Crippen LogP contribution in [0.1, 0.15) is 18.4 Å². The van der Waals surface area contributed by atoms with Crippen LogP contribution in [0.25, 0.3) is 22.4 Å². The largest absolute Gasteiger partial charge is 0.445 e. The minimum atomic E-state index is -1.13. The predicted octanol–water partition coefficient (Wildman–Crippen LogP) is 6.02. The number of amides is 1. The molecule has 1 atom stereocenters. The summed E-state index contributed by atoms with van der Waals surface area (Å²) in [6.45, 7) is 9.77. The number of hydrogen-bond acceptors (Lipinski definition) is 7. The van der Waals surface area contributed by atoms with Crippen molar-refractivity contribution in [2.45, 2.75) is 57.9 Å². The molecule has 4 aromatic rings. The van der Waals surface area contributed by atoms with E-state index in [4.69, 9.17) is 19.4 Å². The number of rotatable bonds is 10. The van der Waals surface area contributed by atoms with Crippen LogP contribution in [0, 0.1) is 0 Å². The number of carbonyl (C=O) groups excluding carboxylic acids is 1. The SMILES string of the molecule is C[Si](C)(C)CCOCn1ccc2nc(-c3cccnc3N[C@H]3CCCN(C(=O)OCc4ccccc4)C3)cnc21. The van der Waals surface area contributed by atoms with Crippen molar-refractivity contribution in [3.8, 4) is 11.3 Å². The maximum atomic E-state index is 12.7. The van der Waals surface area contributed by atoms with Crippen LogP contribution in [0.4, 0.5) is 10.6 Å². The molecule has 0 radical (unpaired) electrons. The lowest BCUT2D eigenvalue weighted by Crippen LogP contribution is -2.45. The fourth-order valence-electron chi connectivity index (χ4n) is 4.73. The van der Waals surface area contributed by atoms with Crippen molar-refractivity contribution in [2.75, 3.05) is 25.0 Å². The first-order chi connectivity index (χ1) is 19.4. The van der Waals surface area contributed by atoms with Gasteiger partial charge in [0.05, 0.1) is 11.9 Å². The highest BCUT2D eigenvalue weighted by Gasteiger charge is 2.26. The van der Waals surface area contributed by atoms with Gasteiger partial charge in [-0.05, 0) is 42.6 Å². The van der Waals surface area contributed by atoms with E-state index >= 15 is 0 Å². The van der Waals surface area contributed by atoms with Gasteiger partial charge >= 0.3 is 6.09 Å². The Hall–Kier alpha value is -3.76. The molecule has 0 bridgehead atoms. The van der Waals surface area contributed by atoms with E-state index < -0.39 is 8.07 Å². The summed E-state index contributed by atoms with van der Waals surface area (Å²) in [7, 11) is -1.13. The number of ether oxygens (including phenoxy) is 2. The Kier molecular flexibility index (Phi) is 8.76. The maximum Gasteiger partial charge on any atom is 0.410 e. The lowest BCUT2D eigenvalue weighted by atomic mass is 10.1. The Bertz CT molecular complexity index is 1420. The summed E-state index contributed by atoms with van der Waals surface area (Å²) in [5.41, 5.74) is 4.21. The number of benzene rings is 1. The van der Waals surface area contributed by atoms with Gasteiger partial charge in [-0.25, -0.2) is 19.7 Å². The molecule has 0 unspecified atom stereocenters. The molecule has 3 aromatic heterocycles. The van der Waals surface area contributed by atoms with Crippen LogP contribution in [-0.2, 0) is 22.8 Å². The smallest absolute Gasteiger partial charge is 0.410 e. The summed E-state index contributed by atoms with van der Waals surface area (Å²) in [5, 5.41) is 3.56. The molecule has 10 heteroatoms. The molecule has 4 heterocycles. The van der Waals surface area contributed by atoms with Gasteiger partial charge in [0, 0.05) is 51.8 Å². The van der Waals surface area contributed by atoms with Gasteiger partial charge in [0.25, 0.3) is 0 Å². The van der Waals surface area contributed by atoms with Crippen molar-refractivity contribution >= 4 is 31.1 Å². The van der Waals surface area contributed by atoms with E-state index in [2.05, 4.69) is 29.9 Å². The molecule has 210 valence electrons. The monoisotopic (exact) mass is 558 g/mol. The zero-order chi connectivity index (χ0) is 28.0. The zero-order valence-electron chi connectivity index (χ0n) is 23.5. The molecule has 1 saturated heterocycles. The molecule has 5 rings (SSSR count). The molecule has 1 fully saturated rings. The van der Waals surface area contributed by atoms with Crippen molar-refractivity contribution in [1.29, 1.82) is 0 Å². The van der Waals surface area contributed by atoms with E-state index in [1.807, 2.05) is 59.3 Å². The van der Waals surface area contributed by atoms with Crippen LogP contribution in [0.2, 0.25) is 25.7 Å². The van der Waals surface area contributed by atoms with Crippen LogP contribution < -0.4 is 5.32 Å². The summed E-state index contributed by atoms with van der Waals surface area (Å²) >= 11 is 0. The third-order valence-electron chi connectivity index (χ3n) is 7.00. The standard InChI is InChI=1S/C30H38N6O3Si/c1-40(2,3)18-17-38-22-36-16-13-26-29(36)32-19-27(34-26)25-12-7-14-31-28(25)33-24-11-8-15-35(20-24)30(37)39-21-23-9-5-4-6-10-23/h4-7,9-10,12-14,16,19,24H,8,11,15,17-18,20-22H2,1-3H3,(H,31,33)/t24-/m0/s1.